The first-order valence-corrected chi connectivity index (χ1v) is 9.86. The van der Waals surface area contributed by atoms with Crippen molar-refractivity contribution in [1.82, 2.24) is 9.21 Å². The summed E-state index contributed by atoms with van der Waals surface area (Å²) in [4.78, 5) is 13.3. The Morgan fingerprint density at radius 3 is 2.00 bits per heavy atom. The van der Waals surface area contributed by atoms with Crippen LogP contribution in [0.25, 0.3) is 0 Å². The van der Waals surface area contributed by atoms with Crippen LogP contribution in [-0.2, 0) is 16.2 Å². The number of carbonyl (C=O) groups is 1. The van der Waals surface area contributed by atoms with Crippen molar-refractivity contribution >= 4 is 15.9 Å². The summed E-state index contributed by atoms with van der Waals surface area (Å²) in [5.74, 6) is -2.55. The average molecular weight is 434 g/mol. The van der Waals surface area contributed by atoms with Crippen molar-refractivity contribution in [2.24, 2.45) is 0 Å². The zero-order chi connectivity index (χ0) is 21.4. The van der Waals surface area contributed by atoms with Crippen LogP contribution >= 0.6 is 0 Å². The van der Waals surface area contributed by atoms with Crippen LogP contribution in [0.5, 0.6) is 0 Å². The van der Waals surface area contributed by atoms with E-state index in [1.165, 1.54) is 4.90 Å². The van der Waals surface area contributed by atoms with Crippen LogP contribution in [0, 0.1) is 11.6 Å². The highest BCUT2D eigenvalue weighted by Gasteiger charge is 2.33. The molecule has 0 aliphatic carbocycles. The van der Waals surface area contributed by atoms with Gasteiger partial charge < -0.3 is 4.90 Å². The van der Waals surface area contributed by atoms with E-state index in [1.54, 1.807) is 0 Å². The lowest BCUT2D eigenvalue weighted by Gasteiger charge is -2.34. The number of rotatable bonds is 3. The van der Waals surface area contributed by atoms with Gasteiger partial charge in [-0.2, -0.15) is 17.5 Å². The molecule has 1 aliphatic rings. The lowest BCUT2D eigenvalue weighted by atomic mass is 10.1. The van der Waals surface area contributed by atoms with Gasteiger partial charge in [-0.05, 0) is 36.4 Å². The first-order valence-electron chi connectivity index (χ1n) is 8.42. The minimum absolute atomic E-state index is 0.0461. The molecule has 0 unspecified atom stereocenters. The van der Waals surface area contributed by atoms with Crippen LogP contribution in [0.2, 0.25) is 0 Å². The molecule has 1 aliphatic heterocycles. The maximum Gasteiger partial charge on any atom is 0.416 e. The first-order chi connectivity index (χ1) is 13.5. The highest BCUT2D eigenvalue weighted by molar-refractivity contribution is 7.89. The number of nitrogens with zero attached hydrogens (tertiary/aromatic N) is 2. The minimum atomic E-state index is -4.58. The Hall–Kier alpha value is -2.53. The molecule has 3 rings (SSSR count). The molecule has 0 saturated carbocycles. The fraction of sp³-hybridized carbons (Fsp3) is 0.278. The number of alkyl halides is 3. The molecule has 1 heterocycles. The van der Waals surface area contributed by atoms with Crippen molar-refractivity contribution in [1.29, 1.82) is 0 Å². The van der Waals surface area contributed by atoms with Crippen molar-refractivity contribution in [3.8, 4) is 0 Å². The van der Waals surface area contributed by atoms with Gasteiger partial charge in [0.25, 0.3) is 5.91 Å². The Morgan fingerprint density at radius 2 is 1.48 bits per heavy atom. The topological polar surface area (TPSA) is 57.7 Å². The quantitative estimate of drug-likeness (QED) is 0.698. The smallest absolute Gasteiger partial charge is 0.336 e. The lowest BCUT2D eigenvalue weighted by Crippen LogP contribution is -2.50. The van der Waals surface area contributed by atoms with Gasteiger partial charge in [-0.15, -0.1) is 0 Å². The molecule has 0 N–H and O–H groups in total. The summed E-state index contributed by atoms with van der Waals surface area (Å²) >= 11 is 0. The summed E-state index contributed by atoms with van der Waals surface area (Å²) in [6.07, 6.45) is -4.58. The fourth-order valence-corrected chi connectivity index (χ4v) is 4.35. The summed E-state index contributed by atoms with van der Waals surface area (Å²) in [5.41, 5.74) is -1.29. The number of sulfonamides is 1. The zero-order valence-corrected chi connectivity index (χ0v) is 15.6. The monoisotopic (exact) mass is 434 g/mol. The largest absolute Gasteiger partial charge is 0.416 e. The minimum Gasteiger partial charge on any atom is -0.336 e. The van der Waals surface area contributed by atoms with Crippen molar-refractivity contribution in [3.63, 3.8) is 0 Å². The van der Waals surface area contributed by atoms with Gasteiger partial charge in [0.05, 0.1) is 16.0 Å². The molecule has 1 saturated heterocycles. The van der Waals surface area contributed by atoms with Crippen LogP contribution in [0.15, 0.2) is 47.4 Å². The standard InChI is InChI=1S/C18H15F5N2O3S/c19-13-3-6-15(16(20)11-13)17(26)24-7-9-25(10-8-24)29(27,28)14-4-1-12(2-5-14)18(21,22)23/h1-6,11H,7-10H2. The SMILES string of the molecule is O=C(c1ccc(F)cc1F)N1CCN(S(=O)(=O)c2ccc(C(F)(F)F)cc2)CC1. The Balaban J connectivity index is 1.70. The molecular formula is C18H15F5N2O3S. The molecule has 29 heavy (non-hydrogen) atoms. The summed E-state index contributed by atoms with van der Waals surface area (Å²) in [6, 6.07) is 5.67. The van der Waals surface area contributed by atoms with Crippen LogP contribution < -0.4 is 0 Å². The van der Waals surface area contributed by atoms with Gasteiger partial charge in [-0.25, -0.2) is 17.2 Å². The molecule has 0 aromatic heterocycles. The predicted molar refractivity (Wildman–Crippen MR) is 92.5 cm³/mol. The maximum absolute atomic E-state index is 13.8. The summed E-state index contributed by atoms with van der Waals surface area (Å²) < 4.78 is 91.0. The Bertz CT molecular complexity index is 1010. The highest BCUT2D eigenvalue weighted by atomic mass is 32.2. The fourth-order valence-electron chi connectivity index (χ4n) is 2.93. The van der Waals surface area contributed by atoms with E-state index in [2.05, 4.69) is 0 Å². The van der Waals surface area contributed by atoms with E-state index in [0.29, 0.717) is 18.2 Å². The van der Waals surface area contributed by atoms with Gasteiger partial charge in [-0.3, -0.25) is 4.79 Å². The van der Waals surface area contributed by atoms with E-state index < -0.39 is 39.3 Å². The normalized spacial score (nSPS) is 16.1. The Kier molecular flexibility index (Phi) is 5.63. The van der Waals surface area contributed by atoms with Crippen molar-refractivity contribution < 1.29 is 35.2 Å². The van der Waals surface area contributed by atoms with E-state index in [-0.39, 0.29) is 36.6 Å². The average Bonchev–Trinajstić information content (AvgIpc) is 2.67. The number of carbonyl (C=O) groups excluding carboxylic acids is 1. The van der Waals surface area contributed by atoms with Gasteiger partial charge in [0.1, 0.15) is 11.6 Å². The van der Waals surface area contributed by atoms with E-state index in [1.807, 2.05) is 0 Å². The van der Waals surface area contributed by atoms with E-state index in [9.17, 15) is 35.2 Å². The summed E-state index contributed by atoms with van der Waals surface area (Å²) in [7, 11) is -4.05. The van der Waals surface area contributed by atoms with Crippen LogP contribution in [-0.4, -0.2) is 49.7 Å². The number of hydrogen-bond acceptors (Lipinski definition) is 3. The highest BCUT2D eigenvalue weighted by Crippen LogP contribution is 2.30. The third kappa shape index (κ3) is 4.40. The van der Waals surface area contributed by atoms with Gasteiger partial charge in [0.15, 0.2) is 0 Å². The van der Waals surface area contributed by atoms with E-state index in [4.69, 9.17) is 0 Å². The van der Waals surface area contributed by atoms with Crippen LogP contribution in [0.4, 0.5) is 22.0 Å². The van der Waals surface area contributed by atoms with Crippen molar-refractivity contribution in [2.45, 2.75) is 11.1 Å². The predicted octanol–water partition coefficient (Wildman–Crippen LogP) is 3.13. The second-order valence-electron chi connectivity index (χ2n) is 6.34. The number of halogens is 5. The molecule has 11 heteroatoms. The zero-order valence-electron chi connectivity index (χ0n) is 14.8. The lowest BCUT2D eigenvalue weighted by molar-refractivity contribution is -0.137. The van der Waals surface area contributed by atoms with E-state index >= 15 is 0 Å². The van der Waals surface area contributed by atoms with Gasteiger partial charge in [-0.1, -0.05) is 0 Å². The molecule has 2 aromatic rings. The molecule has 0 radical (unpaired) electrons. The van der Waals surface area contributed by atoms with Crippen LogP contribution in [0.1, 0.15) is 15.9 Å². The molecule has 0 bridgehead atoms. The van der Waals surface area contributed by atoms with Crippen molar-refractivity contribution in [2.75, 3.05) is 26.2 Å². The van der Waals surface area contributed by atoms with Crippen LogP contribution in [0.3, 0.4) is 0 Å². The molecule has 0 spiro atoms. The molecule has 2 aromatic carbocycles. The third-order valence-corrected chi connectivity index (χ3v) is 6.42. The molecule has 0 atom stereocenters. The van der Waals surface area contributed by atoms with Gasteiger partial charge in [0, 0.05) is 32.2 Å². The van der Waals surface area contributed by atoms with Crippen molar-refractivity contribution in [3.05, 3.63) is 65.2 Å². The first kappa shape index (κ1) is 21.2. The maximum atomic E-state index is 13.8. The third-order valence-electron chi connectivity index (χ3n) is 4.51. The second-order valence-corrected chi connectivity index (χ2v) is 8.28. The Labute approximate surface area is 163 Å². The Morgan fingerprint density at radius 1 is 0.897 bits per heavy atom. The second kappa shape index (κ2) is 7.71. The number of benzene rings is 2. The molecule has 5 nitrogen and oxygen atoms in total. The number of hydrogen-bond donors (Lipinski definition) is 0. The number of amides is 1. The van der Waals surface area contributed by atoms with Gasteiger partial charge in [0.2, 0.25) is 10.0 Å². The number of piperazine rings is 1. The molecule has 156 valence electrons. The molecule has 1 fully saturated rings. The van der Waals surface area contributed by atoms with Gasteiger partial charge >= 0.3 is 6.18 Å². The molecule has 1 amide bonds. The van der Waals surface area contributed by atoms with E-state index in [0.717, 1.165) is 28.6 Å². The summed E-state index contributed by atoms with van der Waals surface area (Å²) in [6.45, 7) is -0.319. The summed E-state index contributed by atoms with van der Waals surface area (Å²) in [5, 5.41) is 0. The molecular weight excluding hydrogens is 419 g/mol.